The van der Waals surface area contributed by atoms with Crippen LogP contribution < -0.4 is 10.6 Å². The average Bonchev–Trinajstić information content (AvgIpc) is 2.75. The van der Waals surface area contributed by atoms with Crippen LogP contribution in [0.4, 0.5) is 43.4 Å². The number of fused-ring (bicyclic) bond motifs is 2. The van der Waals surface area contributed by atoms with Crippen molar-refractivity contribution in [1.82, 2.24) is 0 Å². The van der Waals surface area contributed by atoms with Crippen molar-refractivity contribution >= 4 is 28.6 Å². The second kappa shape index (κ2) is 7.15. The van der Waals surface area contributed by atoms with Gasteiger partial charge in [0, 0.05) is 24.2 Å². The first-order chi connectivity index (χ1) is 14.7. The van der Waals surface area contributed by atoms with Gasteiger partial charge in [-0.05, 0) is 0 Å². The lowest BCUT2D eigenvalue weighted by atomic mass is 9.82. The number of hydrogen-bond acceptors (Lipinski definition) is 4. The molecule has 0 unspecified atom stereocenters. The molecule has 3 aromatic carbocycles. The number of ketones is 2. The van der Waals surface area contributed by atoms with E-state index >= 15 is 8.78 Å². The first-order valence-electron chi connectivity index (χ1n) is 8.70. The maximum absolute atomic E-state index is 15.3. The van der Waals surface area contributed by atoms with Gasteiger partial charge in [-0.15, -0.1) is 0 Å². The maximum atomic E-state index is 15.3. The number of nitrogens with one attached hydrogen (secondary N) is 2. The first-order valence-corrected chi connectivity index (χ1v) is 8.70. The van der Waals surface area contributed by atoms with E-state index in [1.807, 2.05) is 0 Å². The van der Waals surface area contributed by atoms with Crippen LogP contribution in [0.2, 0.25) is 0 Å². The van der Waals surface area contributed by atoms with Crippen molar-refractivity contribution in [2.75, 3.05) is 17.7 Å². The summed E-state index contributed by atoms with van der Waals surface area (Å²) in [5, 5.41) is 3.98. The lowest BCUT2D eigenvalue weighted by molar-refractivity contribution is 0.0976. The molecule has 0 aliphatic heterocycles. The molecule has 0 spiro atoms. The van der Waals surface area contributed by atoms with Gasteiger partial charge in [-0.25, -0.2) is 26.3 Å². The highest BCUT2D eigenvalue weighted by atomic mass is 19.2. The van der Waals surface area contributed by atoms with Crippen molar-refractivity contribution in [2.24, 2.45) is 0 Å². The molecule has 1 aliphatic carbocycles. The SMILES string of the molecule is CNc1c(F)c(Nc2c(F)c(F)cc(F)c2F)c(F)c2c1C(=O)c1ccccc1C2=O. The van der Waals surface area contributed by atoms with E-state index in [1.54, 1.807) is 5.32 Å². The van der Waals surface area contributed by atoms with Gasteiger partial charge in [-0.1, -0.05) is 24.3 Å². The number of carbonyl (C=O) groups excluding carboxylic acids is 2. The molecule has 0 aromatic heterocycles. The Balaban J connectivity index is 2.00. The number of carbonyl (C=O) groups is 2. The van der Waals surface area contributed by atoms with Gasteiger partial charge in [0.05, 0.1) is 16.8 Å². The van der Waals surface area contributed by atoms with Crippen LogP contribution in [0.1, 0.15) is 31.8 Å². The molecule has 0 atom stereocenters. The Morgan fingerprint density at radius 1 is 0.645 bits per heavy atom. The van der Waals surface area contributed by atoms with E-state index < -0.39 is 74.7 Å². The van der Waals surface area contributed by atoms with Crippen molar-refractivity contribution in [3.8, 4) is 0 Å². The third-order valence-corrected chi connectivity index (χ3v) is 4.86. The van der Waals surface area contributed by atoms with Crippen molar-refractivity contribution in [1.29, 1.82) is 0 Å². The minimum Gasteiger partial charge on any atom is -0.385 e. The fraction of sp³-hybridized carbons (Fsp3) is 0.0476. The molecule has 0 radical (unpaired) electrons. The predicted molar refractivity (Wildman–Crippen MR) is 98.8 cm³/mol. The summed E-state index contributed by atoms with van der Waals surface area (Å²) in [6, 6.07) is 5.37. The molecule has 10 heteroatoms. The second-order valence-electron chi connectivity index (χ2n) is 6.55. The molecule has 31 heavy (non-hydrogen) atoms. The maximum Gasteiger partial charge on any atom is 0.197 e. The lowest BCUT2D eigenvalue weighted by Gasteiger charge is -2.23. The average molecular weight is 436 g/mol. The van der Waals surface area contributed by atoms with Gasteiger partial charge < -0.3 is 10.6 Å². The third-order valence-electron chi connectivity index (χ3n) is 4.86. The van der Waals surface area contributed by atoms with Crippen LogP contribution in [0.15, 0.2) is 30.3 Å². The zero-order valence-electron chi connectivity index (χ0n) is 15.5. The summed E-state index contributed by atoms with van der Waals surface area (Å²) in [4.78, 5) is 25.7. The highest BCUT2D eigenvalue weighted by Gasteiger charge is 2.38. The summed E-state index contributed by atoms with van der Waals surface area (Å²) in [5.74, 6) is -12.5. The smallest absolute Gasteiger partial charge is 0.197 e. The molecule has 0 fully saturated rings. The molecular weight excluding hydrogens is 426 g/mol. The van der Waals surface area contributed by atoms with Crippen LogP contribution in [0.5, 0.6) is 0 Å². The van der Waals surface area contributed by atoms with Crippen molar-refractivity contribution in [3.05, 3.63) is 87.5 Å². The Morgan fingerprint density at radius 3 is 1.65 bits per heavy atom. The van der Waals surface area contributed by atoms with Gasteiger partial charge >= 0.3 is 0 Å². The Morgan fingerprint density at radius 2 is 1.13 bits per heavy atom. The lowest BCUT2D eigenvalue weighted by Crippen LogP contribution is -2.25. The quantitative estimate of drug-likeness (QED) is 0.347. The van der Waals surface area contributed by atoms with E-state index in [9.17, 15) is 27.2 Å². The summed E-state index contributed by atoms with van der Waals surface area (Å²) in [7, 11) is 1.17. The van der Waals surface area contributed by atoms with Crippen LogP contribution in [0.3, 0.4) is 0 Å². The molecule has 0 bridgehead atoms. The number of hydrogen-bond donors (Lipinski definition) is 2. The summed E-state index contributed by atoms with van der Waals surface area (Å²) in [6.45, 7) is 0. The molecule has 4 rings (SSSR count). The highest BCUT2D eigenvalue weighted by molar-refractivity contribution is 6.30. The fourth-order valence-corrected chi connectivity index (χ4v) is 3.43. The highest BCUT2D eigenvalue weighted by Crippen LogP contribution is 2.41. The molecule has 3 aromatic rings. The van der Waals surface area contributed by atoms with Gasteiger partial charge in [0.1, 0.15) is 11.4 Å². The largest absolute Gasteiger partial charge is 0.385 e. The van der Waals surface area contributed by atoms with E-state index in [4.69, 9.17) is 0 Å². The monoisotopic (exact) mass is 436 g/mol. The molecule has 0 saturated heterocycles. The minimum atomic E-state index is -1.94. The summed E-state index contributed by atoms with van der Waals surface area (Å²) in [6.07, 6.45) is 0. The number of benzene rings is 3. The minimum absolute atomic E-state index is 0.0758. The molecular formula is C21H10F6N2O2. The molecule has 0 amide bonds. The van der Waals surface area contributed by atoms with E-state index in [2.05, 4.69) is 5.32 Å². The normalized spacial score (nSPS) is 12.5. The van der Waals surface area contributed by atoms with Gasteiger partial charge in [-0.2, -0.15) is 0 Å². The predicted octanol–water partition coefficient (Wildman–Crippen LogP) is 5.08. The number of rotatable bonds is 3. The van der Waals surface area contributed by atoms with Crippen LogP contribution in [-0.2, 0) is 0 Å². The summed E-state index contributed by atoms with van der Waals surface area (Å²) in [5.41, 5.74) is -5.12. The van der Waals surface area contributed by atoms with Gasteiger partial charge in [-0.3, -0.25) is 9.59 Å². The van der Waals surface area contributed by atoms with Gasteiger partial charge in [0.25, 0.3) is 0 Å². The summed E-state index contributed by atoms with van der Waals surface area (Å²) >= 11 is 0. The fourth-order valence-electron chi connectivity index (χ4n) is 3.43. The molecule has 0 heterocycles. The van der Waals surface area contributed by atoms with E-state index in [-0.39, 0.29) is 17.2 Å². The van der Waals surface area contributed by atoms with Crippen LogP contribution >= 0.6 is 0 Å². The summed E-state index contributed by atoms with van der Waals surface area (Å²) < 4.78 is 85.4. The Bertz CT molecular complexity index is 1280. The van der Waals surface area contributed by atoms with Crippen LogP contribution in [0, 0.1) is 34.9 Å². The van der Waals surface area contributed by atoms with Crippen molar-refractivity contribution < 1.29 is 35.9 Å². The zero-order valence-corrected chi connectivity index (χ0v) is 15.5. The topological polar surface area (TPSA) is 58.2 Å². The van der Waals surface area contributed by atoms with Crippen LogP contribution in [0.25, 0.3) is 0 Å². The number of anilines is 3. The van der Waals surface area contributed by atoms with Gasteiger partial charge in [0.2, 0.25) is 0 Å². The van der Waals surface area contributed by atoms with E-state index in [1.165, 1.54) is 31.3 Å². The molecule has 2 N–H and O–H groups in total. The molecule has 4 nitrogen and oxygen atoms in total. The Kier molecular flexibility index (Phi) is 4.72. The Labute approximate surface area is 170 Å². The van der Waals surface area contributed by atoms with Gasteiger partial charge in [0.15, 0.2) is 46.5 Å². The molecule has 0 saturated carbocycles. The number of halogens is 6. The molecule has 158 valence electrons. The van der Waals surface area contributed by atoms with Crippen molar-refractivity contribution in [2.45, 2.75) is 0 Å². The standard InChI is InChI=1S/C21H10F6N2O2/c1-28-17-12-11(20(30)7-4-2-3-5-8(7)21(12)31)15(26)19(16(17)27)29-18-13(24)9(22)6-10(23)14(18)25/h2-6,28-29H,1H3. The second-order valence-corrected chi connectivity index (χ2v) is 6.55. The van der Waals surface area contributed by atoms with Crippen LogP contribution in [-0.4, -0.2) is 18.6 Å². The molecule has 1 aliphatic rings. The first kappa shape index (κ1) is 20.5. The van der Waals surface area contributed by atoms with Crippen molar-refractivity contribution in [3.63, 3.8) is 0 Å². The third kappa shape index (κ3) is 2.86. The Hall–Kier alpha value is -3.82. The van der Waals surface area contributed by atoms with E-state index in [0.29, 0.717) is 0 Å². The van der Waals surface area contributed by atoms with E-state index in [0.717, 1.165) is 0 Å². The zero-order chi connectivity index (χ0) is 22.6.